The van der Waals surface area contributed by atoms with E-state index in [2.05, 4.69) is 20.9 Å². The lowest BCUT2D eigenvalue weighted by atomic mass is 10.1. The molecule has 0 atom stereocenters. The van der Waals surface area contributed by atoms with Gasteiger partial charge in [0.15, 0.2) is 0 Å². The maximum Gasteiger partial charge on any atom is 0.137 e. The molecule has 0 aliphatic carbocycles. The molecule has 2 rings (SSSR count). The van der Waals surface area contributed by atoms with Crippen LogP contribution in [0, 0.1) is 6.92 Å². The fourth-order valence-corrected chi connectivity index (χ4v) is 2.79. The number of benzene rings is 1. The summed E-state index contributed by atoms with van der Waals surface area (Å²) in [5, 5.41) is 0.611. The van der Waals surface area contributed by atoms with Crippen molar-refractivity contribution < 1.29 is 4.74 Å². The smallest absolute Gasteiger partial charge is 0.137 e. The number of aryl methyl sites for hydroxylation is 1. The van der Waals surface area contributed by atoms with Gasteiger partial charge in [0, 0.05) is 12.6 Å². The van der Waals surface area contributed by atoms with Crippen molar-refractivity contribution in [3.63, 3.8) is 0 Å². The molecular formula is C13H14BrClN2O. The zero-order valence-electron chi connectivity index (χ0n) is 10.5. The Morgan fingerprint density at radius 1 is 1.44 bits per heavy atom. The lowest BCUT2D eigenvalue weighted by Crippen LogP contribution is -1.96. The van der Waals surface area contributed by atoms with Crippen molar-refractivity contribution >= 4 is 27.5 Å². The summed E-state index contributed by atoms with van der Waals surface area (Å²) in [6, 6.07) is 5.77. The van der Waals surface area contributed by atoms with Crippen molar-refractivity contribution in [3.8, 4) is 17.0 Å². The van der Waals surface area contributed by atoms with Gasteiger partial charge in [-0.1, -0.05) is 11.6 Å². The molecule has 5 heteroatoms. The molecule has 0 aliphatic rings. The Labute approximate surface area is 120 Å². The summed E-state index contributed by atoms with van der Waals surface area (Å²) >= 11 is 9.67. The van der Waals surface area contributed by atoms with E-state index in [1.165, 1.54) is 0 Å². The van der Waals surface area contributed by atoms with Crippen LogP contribution in [0.2, 0.25) is 5.02 Å². The van der Waals surface area contributed by atoms with Crippen LogP contribution in [0.15, 0.2) is 22.8 Å². The molecule has 0 spiro atoms. The largest absolute Gasteiger partial charge is 0.492 e. The molecule has 0 fully saturated rings. The van der Waals surface area contributed by atoms with Crippen molar-refractivity contribution in [2.75, 3.05) is 6.61 Å². The van der Waals surface area contributed by atoms with E-state index in [1.807, 2.05) is 43.7 Å². The van der Waals surface area contributed by atoms with Gasteiger partial charge in [0.05, 0.1) is 17.3 Å². The minimum atomic E-state index is 0.605. The highest BCUT2D eigenvalue weighted by Crippen LogP contribution is 2.33. The zero-order valence-corrected chi connectivity index (χ0v) is 12.8. The first-order valence-electron chi connectivity index (χ1n) is 5.66. The van der Waals surface area contributed by atoms with E-state index in [-0.39, 0.29) is 0 Å². The molecule has 0 aliphatic heterocycles. The number of hydrogen-bond acceptors (Lipinski definition) is 2. The first kappa shape index (κ1) is 13.4. The predicted octanol–water partition coefficient (Wildman–Crippen LogP) is 4.21. The summed E-state index contributed by atoms with van der Waals surface area (Å²) in [7, 11) is 1.98. The number of hydrogen-bond donors (Lipinski definition) is 0. The highest BCUT2D eigenvalue weighted by molar-refractivity contribution is 9.10. The predicted molar refractivity (Wildman–Crippen MR) is 77.3 cm³/mol. The fourth-order valence-electron chi connectivity index (χ4n) is 1.80. The van der Waals surface area contributed by atoms with E-state index in [4.69, 9.17) is 16.3 Å². The number of nitrogens with zero attached hydrogens (tertiary/aromatic N) is 2. The number of halogens is 2. The quantitative estimate of drug-likeness (QED) is 0.843. The third-order valence-electron chi connectivity index (χ3n) is 2.78. The second-order valence-electron chi connectivity index (χ2n) is 3.94. The molecule has 0 saturated carbocycles. The Bertz CT molecular complexity index is 581. The lowest BCUT2D eigenvalue weighted by Gasteiger charge is -2.09. The van der Waals surface area contributed by atoms with Gasteiger partial charge in [0.1, 0.15) is 16.2 Å². The number of imidazole rings is 1. The molecule has 0 unspecified atom stereocenters. The monoisotopic (exact) mass is 328 g/mol. The van der Waals surface area contributed by atoms with Gasteiger partial charge < -0.3 is 9.30 Å². The van der Waals surface area contributed by atoms with Gasteiger partial charge in [0.25, 0.3) is 0 Å². The third kappa shape index (κ3) is 2.40. The molecule has 0 saturated heterocycles. The van der Waals surface area contributed by atoms with Crippen LogP contribution in [-0.2, 0) is 7.05 Å². The molecule has 0 radical (unpaired) electrons. The van der Waals surface area contributed by atoms with E-state index in [1.54, 1.807) is 0 Å². The summed E-state index contributed by atoms with van der Waals surface area (Å²) in [6.07, 6.45) is 0. The molecule has 18 heavy (non-hydrogen) atoms. The van der Waals surface area contributed by atoms with Crippen molar-refractivity contribution in [1.82, 2.24) is 9.55 Å². The molecule has 3 nitrogen and oxygen atoms in total. The van der Waals surface area contributed by atoms with Crippen LogP contribution in [-0.4, -0.2) is 16.2 Å². The standard InChI is InChI=1S/C13H14BrClN2O/c1-4-18-11-6-5-9(7-10(11)15)12-13(14)16-8(2)17(12)3/h5-7H,4H2,1-3H3. The van der Waals surface area contributed by atoms with Crippen LogP contribution in [0.5, 0.6) is 5.75 Å². The summed E-state index contributed by atoms with van der Waals surface area (Å²) in [5.74, 6) is 1.65. The highest BCUT2D eigenvalue weighted by atomic mass is 79.9. The van der Waals surface area contributed by atoms with Crippen molar-refractivity contribution in [1.29, 1.82) is 0 Å². The molecule has 96 valence electrons. The highest BCUT2D eigenvalue weighted by Gasteiger charge is 2.13. The molecule has 2 aromatic rings. The van der Waals surface area contributed by atoms with Crippen molar-refractivity contribution in [2.45, 2.75) is 13.8 Å². The fraction of sp³-hybridized carbons (Fsp3) is 0.308. The first-order valence-corrected chi connectivity index (χ1v) is 6.83. The molecule has 1 aromatic heterocycles. The minimum Gasteiger partial charge on any atom is -0.492 e. The zero-order chi connectivity index (χ0) is 13.3. The molecule has 0 N–H and O–H groups in total. The molecular weight excluding hydrogens is 316 g/mol. The Balaban J connectivity index is 2.49. The van der Waals surface area contributed by atoms with Crippen LogP contribution in [0.3, 0.4) is 0 Å². The second-order valence-corrected chi connectivity index (χ2v) is 5.09. The molecule has 0 amide bonds. The maximum atomic E-state index is 6.20. The summed E-state index contributed by atoms with van der Waals surface area (Å²) in [4.78, 5) is 4.38. The summed E-state index contributed by atoms with van der Waals surface area (Å²) in [5.41, 5.74) is 2.02. The van der Waals surface area contributed by atoms with Gasteiger partial charge >= 0.3 is 0 Å². The van der Waals surface area contributed by atoms with Crippen molar-refractivity contribution in [2.24, 2.45) is 7.05 Å². The van der Waals surface area contributed by atoms with Gasteiger partial charge in [-0.05, 0) is 48.0 Å². The van der Waals surface area contributed by atoms with Gasteiger partial charge in [-0.2, -0.15) is 0 Å². The van der Waals surface area contributed by atoms with E-state index in [9.17, 15) is 0 Å². The van der Waals surface area contributed by atoms with E-state index in [0.29, 0.717) is 17.4 Å². The maximum absolute atomic E-state index is 6.20. The van der Waals surface area contributed by atoms with Gasteiger partial charge in [0.2, 0.25) is 0 Å². The van der Waals surface area contributed by atoms with Crippen LogP contribution in [0.25, 0.3) is 11.3 Å². The Morgan fingerprint density at radius 3 is 2.67 bits per heavy atom. The Hall–Kier alpha value is -1.00. The molecule has 1 aromatic carbocycles. The summed E-state index contributed by atoms with van der Waals surface area (Å²) < 4.78 is 8.27. The van der Waals surface area contributed by atoms with Gasteiger partial charge in [-0.25, -0.2) is 4.98 Å². The number of rotatable bonds is 3. The minimum absolute atomic E-state index is 0.605. The Morgan fingerprint density at radius 2 is 2.17 bits per heavy atom. The lowest BCUT2D eigenvalue weighted by molar-refractivity contribution is 0.340. The van der Waals surface area contributed by atoms with Crippen LogP contribution in [0.4, 0.5) is 0 Å². The summed E-state index contributed by atoms with van der Waals surface area (Å²) in [6.45, 7) is 4.50. The van der Waals surface area contributed by atoms with Gasteiger partial charge in [-0.3, -0.25) is 0 Å². The average Bonchev–Trinajstić information content (AvgIpc) is 2.56. The number of ether oxygens (including phenoxy) is 1. The molecule has 1 heterocycles. The van der Waals surface area contributed by atoms with Crippen LogP contribution in [0.1, 0.15) is 12.7 Å². The Kier molecular flexibility index (Phi) is 3.97. The molecule has 0 bridgehead atoms. The van der Waals surface area contributed by atoms with Gasteiger partial charge in [-0.15, -0.1) is 0 Å². The van der Waals surface area contributed by atoms with E-state index in [0.717, 1.165) is 21.7 Å². The van der Waals surface area contributed by atoms with E-state index < -0.39 is 0 Å². The topological polar surface area (TPSA) is 27.1 Å². The van der Waals surface area contributed by atoms with Crippen molar-refractivity contribution in [3.05, 3.63) is 33.6 Å². The van der Waals surface area contributed by atoms with Crippen LogP contribution >= 0.6 is 27.5 Å². The third-order valence-corrected chi connectivity index (χ3v) is 3.63. The number of aromatic nitrogens is 2. The van der Waals surface area contributed by atoms with E-state index >= 15 is 0 Å². The van der Waals surface area contributed by atoms with Crippen LogP contribution < -0.4 is 4.74 Å². The first-order chi connectivity index (χ1) is 8.54. The normalized spacial score (nSPS) is 10.7. The average molecular weight is 330 g/mol. The second kappa shape index (κ2) is 5.33. The SMILES string of the molecule is CCOc1ccc(-c2c(Br)nc(C)n2C)cc1Cl.